The normalized spacial score (nSPS) is 13.7. The van der Waals surface area contributed by atoms with Gasteiger partial charge in [0.25, 0.3) is 0 Å². The van der Waals surface area contributed by atoms with Crippen molar-refractivity contribution in [3.63, 3.8) is 0 Å². The molecular formula is C23H24N2O4. The van der Waals surface area contributed by atoms with E-state index in [1.54, 1.807) is 0 Å². The molecule has 2 heterocycles. The van der Waals surface area contributed by atoms with Crippen molar-refractivity contribution < 1.29 is 18.8 Å². The molecule has 2 aromatic carbocycles. The predicted molar refractivity (Wildman–Crippen MR) is 108 cm³/mol. The molecule has 0 unspecified atom stereocenters. The van der Waals surface area contributed by atoms with Gasteiger partial charge in [-0.15, -0.1) is 0 Å². The quantitative estimate of drug-likeness (QED) is 0.692. The number of aryl methyl sites for hydroxylation is 2. The lowest BCUT2D eigenvalue weighted by atomic mass is 9.97. The Bertz CT molecular complexity index is 978. The van der Waals surface area contributed by atoms with Gasteiger partial charge in [0.05, 0.1) is 18.2 Å². The van der Waals surface area contributed by atoms with E-state index in [1.807, 2.05) is 50.2 Å². The second-order valence-electron chi connectivity index (χ2n) is 7.19. The Labute approximate surface area is 169 Å². The molecule has 6 heteroatoms. The molecule has 0 spiro atoms. The van der Waals surface area contributed by atoms with Crippen LogP contribution in [0.3, 0.4) is 0 Å². The summed E-state index contributed by atoms with van der Waals surface area (Å²) in [6.45, 7) is 4.75. The fourth-order valence-electron chi connectivity index (χ4n) is 3.54. The summed E-state index contributed by atoms with van der Waals surface area (Å²) in [6.07, 6.45) is 0.908. The third-order valence-corrected chi connectivity index (χ3v) is 5.11. The summed E-state index contributed by atoms with van der Waals surface area (Å²) in [6, 6.07) is 15.8. The SMILES string of the molecule is Cc1noc(C)c1CC(=O)N[C@@H](Cc1ccccc1)c1ccc2c(c1)OCCO2. The molecule has 1 amide bonds. The number of benzene rings is 2. The molecule has 4 rings (SSSR count). The number of hydrogen-bond acceptors (Lipinski definition) is 5. The van der Waals surface area contributed by atoms with E-state index in [1.165, 1.54) is 0 Å². The van der Waals surface area contributed by atoms with Crippen LogP contribution in [-0.4, -0.2) is 24.3 Å². The topological polar surface area (TPSA) is 73.6 Å². The highest BCUT2D eigenvalue weighted by molar-refractivity contribution is 5.79. The number of nitrogens with one attached hydrogen (secondary N) is 1. The van der Waals surface area contributed by atoms with Crippen LogP contribution in [0, 0.1) is 13.8 Å². The van der Waals surface area contributed by atoms with Gasteiger partial charge in [0.1, 0.15) is 19.0 Å². The summed E-state index contributed by atoms with van der Waals surface area (Å²) in [5.74, 6) is 2.05. The molecule has 1 N–H and O–H groups in total. The van der Waals surface area contributed by atoms with Crippen molar-refractivity contribution in [1.29, 1.82) is 0 Å². The minimum atomic E-state index is -0.193. The van der Waals surface area contributed by atoms with Crippen LogP contribution in [0.4, 0.5) is 0 Å². The number of aromatic nitrogens is 1. The molecule has 0 aliphatic carbocycles. The van der Waals surface area contributed by atoms with Crippen molar-refractivity contribution in [2.75, 3.05) is 13.2 Å². The van der Waals surface area contributed by atoms with E-state index in [-0.39, 0.29) is 18.4 Å². The molecule has 3 aromatic rings. The molecule has 1 atom stereocenters. The van der Waals surface area contributed by atoms with Crippen LogP contribution < -0.4 is 14.8 Å². The number of rotatable bonds is 6. The van der Waals surface area contributed by atoms with Gasteiger partial charge < -0.3 is 19.3 Å². The molecule has 0 bridgehead atoms. The molecule has 29 heavy (non-hydrogen) atoms. The summed E-state index contributed by atoms with van der Waals surface area (Å²) >= 11 is 0. The lowest BCUT2D eigenvalue weighted by Gasteiger charge is -2.23. The molecule has 0 radical (unpaired) electrons. The summed E-state index contributed by atoms with van der Waals surface area (Å²) < 4.78 is 16.5. The molecule has 0 saturated heterocycles. The molecule has 1 aliphatic rings. The standard InChI is InChI=1S/C23H24N2O4/c1-15-19(16(2)29-25-15)14-23(26)24-20(12-17-6-4-3-5-7-17)18-8-9-21-22(13-18)28-11-10-27-21/h3-9,13,20H,10-12,14H2,1-2H3,(H,24,26)/t20-/m0/s1. The van der Waals surface area contributed by atoms with Crippen LogP contribution >= 0.6 is 0 Å². The van der Waals surface area contributed by atoms with E-state index in [4.69, 9.17) is 14.0 Å². The lowest BCUT2D eigenvalue weighted by molar-refractivity contribution is -0.121. The van der Waals surface area contributed by atoms with Crippen molar-refractivity contribution >= 4 is 5.91 Å². The number of nitrogens with zero attached hydrogens (tertiary/aromatic N) is 1. The Morgan fingerprint density at radius 2 is 1.83 bits per heavy atom. The Hall–Kier alpha value is -3.28. The van der Waals surface area contributed by atoms with Crippen molar-refractivity contribution in [3.8, 4) is 11.5 Å². The minimum absolute atomic E-state index is 0.0739. The lowest BCUT2D eigenvalue weighted by Crippen LogP contribution is -2.31. The zero-order valence-electron chi connectivity index (χ0n) is 16.6. The van der Waals surface area contributed by atoms with Gasteiger partial charge >= 0.3 is 0 Å². The molecule has 0 saturated carbocycles. The maximum Gasteiger partial charge on any atom is 0.225 e. The number of fused-ring (bicyclic) bond motifs is 1. The molecule has 0 fully saturated rings. The minimum Gasteiger partial charge on any atom is -0.486 e. The number of amides is 1. The van der Waals surface area contributed by atoms with Gasteiger partial charge in [-0.05, 0) is 43.5 Å². The highest BCUT2D eigenvalue weighted by atomic mass is 16.6. The van der Waals surface area contributed by atoms with Gasteiger partial charge in [-0.2, -0.15) is 0 Å². The number of ether oxygens (including phenoxy) is 2. The molecule has 1 aromatic heterocycles. The van der Waals surface area contributed by atoms with E-state index in [2.05, 4.69) is 22.6 Å². The summed E-state index contributed by atoms with van der Waals surface area (Å²) in [5, 5.41) is 7.11. The second-order valence-corrected chi connectivity index (χ2v) is 7.19. The van der Waals surface area contributed by atoms with Crippen molar-refractivity contribution in [2.45, 2.75) is 32.7 Å². The molecule has 150 valence electrons. The van der Waals surface area contributed by atoms with E-state index in [0.29, 0.717) is 31.1 Å². The predicted octanol–water partition coefficient (Wildman–Crippen LogP) is 3.71. The van der Waals surface area contributed by atoms with Crippen molar-refractivity contribution in [1.82, 2.24) is 10.5 Å². The second kappa shape index (κ2) is 8.39. The third kappa shape index (κ3) is 4.42. The monoisotopic (exact) mass is 392 g/mol. The smallest absolute Gasteiger partial charge is 0.225 e. The average Bonchev–Trinajstić information content (AvgIpc) is 3.05. The van der Waals surface area contributed by atoms with Crippen LogP contribution in [-0.2, 0) is 17.6 Å². The van der Waals surface area contributed by atoms with E-state index >= 15 is 0 Å². The Kier molecular flexibility index (Phi) is 5.51. The number of hydrogen-bond donors (Lipinski definition) is 1. The van der Waals surface area contributed by atoms with Gasteiger partial charge in [-0.3, -0.25) is 4.79 Å². The Morgan fingerprint density at radius 1 is 1.07 bits per heavy atom. The van der Waals surface area contributed by atoms with Crippen LogP contribution in [0.25, 0.3) is 0 Å². The third-order valence-electron chi connectivity index (χ3n) is 5.11. The van der Waals surface area contributed by atoms with E-state index in [0.717, 1.165) is 28.1 Å². The van der Waals surface area contributed by atoms with E-state index in [9.17, 15) is 4.79 Å². The van der Waals surface area contributed by atoms with Gasteiger partial charge in [0, 0.05) is 5.56 Å². The van der Waals surface area contributed by atoms with Crippen LogP contribution in [0.15, 0.2) is 53.1 Å². The zero-order chi connectivity index (χ0) is 20.2. The highest BCUT2D eigenvalue weighted by Crippen LogP contribution is 2.33. The largest absolute Gasteiger partial charge is 0.486 e. The fourth-order valence-corrected chi connectivity index (χ4v) is 3.54. The van der Waals surface area contributed by atoms with E-state index < -0.39 is 0 Å². The van der Waals surface area contributed by atoms with Crippen molar-refractivity contribution in [3.05, 3.63) is 76.7 Å². The van der Waals surface area contributed by atoms with Gasteiger partial charge in [-0.1, -0.05) is 41.6 Å². The number of carbonyl (C=O) groups excluding carboxylic acids is 1. The van der Waals surface area contributed by atoms with Gasteiger partial charge in [-0.25, -0.2) is 0 Å². The summed E-state index contributed by atoms with van der Waals surface area (Å²) in [7, 11) is 0. The number of carbonyl (C=O) groups is 1. The van der Waals surface area contributed by atoms with Gasteiger partial charge in [0.15, 0.2) is 11.5 Å². The summed E-state index contributed by atoms with van der Waals surface area (Å²) in [4.78, 5) is 12.8. The first-order valence-electron chi connectivity index (χ1n) is 9.75. The van der Waals surface area contributed by atoms with Crippen LogP contribution in [0.2, 0.25) is 0 Å². The summed E-state index contributed by atoms with van der Waals surface area (Å²) in [5.41, 5.74) is 3.70. The Balaban J connectivity index is 1.57. The maximum atomic E-state index is 12.8. The highest BCUT2D eigenvalue weighted by Gasteiger charge is 2.21. The molecule has 1 aliphatic heterocycles. The maximum absolute atomic E-state index is 12.8. The van der Waals surface area contributed by atoms with Crippen LogP contribution in [0.1, 0.15) is 34.2 Å². The first-order valence-corrected chi connectivity index (χ1v) is 9.75. The molecular weight excluding hydrogens is 368 g/mol. The first kappa shape index (κ1) is 19.1. The van der Waals surface area contributed by atoms with Gasteiger partial charge in [0.2, 0.25) is 5.91 Å². The van der Waals surface area contributed by atoms with Crippen molar-refractivity contribution in [2.24, 2.45) is 0 Å². The molecule has 6 nitrogen and oxygen atoms in total. The average molecular weight is 392 g/mol. The zero-order valence-corrected chi connectivity index (χ0v) is 16.6. The Morgan fingerprint density at radius 3 is 2.55 bits per heavy atom. The van der Waals surface area contributed by atoms with Crippen LogP contribution in [0.5, 0.6) is 11.5 Å². The fraction of sp³-hybridized carbons (Fsp3) is 0.304. The first-order chi connectivity index (χ1) is 14.1.